The highest BCUT2D eigenvalue weighted by atomic mass is 32.2. The van der Waals surface area contributed by atoms with Crippen molar-refractivity contribution >= 4 is 32.5 Å². The van der Waals surface area contributed by atoms with Gasteiger partial charge in [0, 0.05) is 17.1 Å². The van der Waals surface area contributed by atoms with Crippen molar-refractivity contribution < 1.29 is 17.6 Å². The number of rotatable bonds is 6. The molecule has 2 aromatic carbocycles. The lowest BCUT2D eigenvalue weighted by atomic mass is 10.1. The smallest absolute Gasteiger partial charge is 0.255 e. The van der Waals surface area contributed by atoms with Gasteiger partial charge in [-0.2, -0.15) is 0 Å². The van der Waals surface area contributed by atoms with E-state index in [-0.39, 0.29) is 17.3 Å². The molecule has 146 valence electrons. The van der Waals surface area contributed by atoms with Gasteiger partial charge in [0.2, 0.25) is 10.0 Å². The summed E-state index contributed by atoms with van der Waals surface area (Å²) in [5, 5.41) is 3.74. The molecule has 0 aliphatic rings. The fourth-order valence-corrected chi connectivity index (χ4v) is 3.84. The number of aromatic nitrogens is 1. The van der Waals surface area contributed by atoms with Gasteiger partial charge in [0.25, 0.3) is 5.91 Å². The number of nitrogens with zero attached hydrogens (tertiary/aromatic N) is 1. The third-order valence-corrected chi connectivity index (χ3v) is 5.74. The van der Waals surface area contributed by atoms with Gasteiger partial charge in [0.15, 0.2) is 0 Å². The molecular formula is C21H17N3O4S. The number of furan rings is 1. The Kier molecular flexibility index (Phi) is 5.11. The van der Waals surface area contributed by atoms with E-state index >= 15 is 0 Å². The molecule has 0 fully saturated rings. The second-order valence-electron chi connectivity index (χ2n) is 6.26. The highest BCUT2D eigenvalue weighted by molar-refractivity contribution is 7.89. The van der Waals surface area contributed by atoms with Gasteiger partial charge in [-0.1, -0.05) is 18.2 Å². The highest BCUT2D eigenvalue weighted by Gasteiger charge is 2.16. The lowest BCUT2D eigenvalue weighted by Crippen LogP contribution is -2.23. The molecule has 4 rings (SSSR count). The first-order valence-corrected chi connectivity index (χ1v) is 10.3. The van der Waals surface area contributed by atoms with Crippen molar-refractivity contribution in [2.24, 2.45) is 0 Å². The minimum atomic E-state index is -3.72. The zero-order chi connectivity index (χ0) is 20.3. The number of amides is 1. The van der Waals surface area contributed by atoms with Gasteiger partial charge in [-0.05, 0) is 48.5 Å². The van der Waals surface area contributed by atoms with Crippen LogP contribution in [0.3, 0.4) is 0 Å². The quantitative estimate of drug-likeness (QED) is 0.509. The molecule has 8 heteroatoms. The molecule has 0 aliphatic heterocycles. The van der Waals surface area contributed by atoms with E-state index in [1.807, 2.05) is 24.3 Å². The second kappa shape index (κ2) is 7.86. The lowest BCUT2D eigenvalue weighted by molar-refractivity contribution is 0.102. The summed E-state index contributed by atoms with van der Waals surface area (Å²) < 4.78 is 32.3. The summed E-state index contributed by atoms with van der Waals surface area (Å²) in [6, 6.07) is 18.3. The summed E-state index contributed by atoms with van der Waals surface area (Å²) in [5.41, 5.74) is 1.61. The van der Waals surface area contributed by atoms with E-state index in [4.69, 9.17) is 4.42 Å². The van der Waals surface area contributed by atoms with Crippen LogP contribution in [0, 0.1) is 0 Å². The number of pyridine rings is 1. The molecule has 0 saturated heterocycles. The largest absolute Gasteiger partial charge is 0.468 e. The zero-order valence-corrected chi connectivity index (χ0v) is 16.0. The zero-order valence-electron chi connectivity index (χ0n) is 15.2. The molecule has 29 heavy (non-hydrogen) atoms. The Balaban J connectivity index is 1.49. The normalized spacial score (nSPS) is 11.4. The molecule has 0 aliphatic carbocycles. The van der Waals surface area contributed by atoms with Crippen molar-refractivity contribution in [3.05, 3.63) is 90.5 Å². The predicted octanol–water partition coefficient (Wildman–Crippen LogP) is 3.56. The van der Waals surface area contributed by atoms with Crippen LogP contribution in [0.15, 0.2) is 88.5 Å². The van der Waals surface area contributed by atoms with Gasteiger partial charge in [0.05, 0.1) is 28.9 Å². The van der Waals surface area contributed by atoms with Gasteiger partial charge in [0.1, 0.15) is 5.76 Å². The van der Waals surface area contributed by atoms with Gasteiger partial charge in [-0.3, -0.25) is 9.78 Å². The first-order valence-electron chi connectivity index (χ1n) is 8.80. The number of carbonyl (C=O) groups is 1. The topological polar surface area (TPSA) is 101 Å². The summed E-state index contributed by atoms with van der Waals surface area (Å²) in [6.07, 6.45) is 3.13. The molecule has 0 atom stereocenters. The molecule has 0 unspecified atom stereocenters. The summed E-state index contributed by atoms with van der Waals surface area (Å²) in [7, 11) is -3.72. The van der Waals surface area contributed by atoms with Crippen molar-refractivity contribution in [1.29, 1.82) is 0 Å². The van der Waals surface area contributed by atoms with Crippen molar-refractivity contribution in [2.45, 2.75) is 11.4 Å². The van der Waals surface area contributed by atoms with Crippen LogP contribution >= 0.6 is 0 Å². The minimum Gasteiger partial charge on any atom is -0.468 e. The Morgan fingerprint density at radius 2 is 1.76 bits per heavy atom. The monoisotopic (exact) mass is 407 g/mol. The van der Waals surface area contributed by atoms with Crippen molar-refractivity contribution in [3.8, 4) is 0 Å². The van der Waals surface area contributed by atoms with Crippen LogP contribution in [-0.2, 0) is 16.6 Å². The molecule has 7 nitrogen and oxygen atoms in total. The van der Waals surface area contributed by atoms with Gasteiger partial charge in [-0.15, -0.1) is 0 Å². The maximum atomic E-state index is 12.6. The Hall–Kier alpha value is -3.49. The highest BCUT2D eigenvalue weighted by Crippen LogP contribution is 2.21. The minimum absolute atomic E-state index is 0.0473. The molecule has 0 bridgehead atoms. The van der Waals surface area contributed by atoms with E-state index in [2.05, 4.69) is 15.0 Å². The Labute approximate surface area is 167 Å². The molecular weight excluding hydrogens is 390 g/mol. The van der Waals surface area contributed by atoms with E-state index in [1.165, 1.54) is 30.5 Å². The third kappa shape index (κ3) is 4.18. The van der Waals surface area contributed by atoms with E-state index in [9.17, 15) is 13.2 Å². The standard InChI is InChI=1S/C21H17N3O4S/c25-21(24-19-7-1-4-15-5-2-12-22-20(15)19)16-8-10-18(11-9-16)29(26,27)23-14-17-6-3-13-28-17/h1-13,23H,14H2,(H,24,25). The Morgan fingerprint density at radius 1 is 0.966 bits per heavy atom. The van der Waals surface area contributed by atoms with Gasteiger partial charge >= 0.3 is 0 Å². The molecule has 0 saturated carbocycles. The number of carbonyl (C=O) groups excluding carboxylic acids is 1. The average molecular weight is 407 g/mol. The van der Waals surface area contributed by atoms with Gasteiger partial charge in [-0.25, -0.2) is 13.1 Å². The second-order valence-corrected chi connectivity index (χ2v) is 8.03. The van der Waals surface area contributed by atoms with Crippen LogP contribution in [0.5, 0.6) is 0 Å². The van der Waals surface area contributed by atoms with E-state index in [0.29, 0.717) is 22.5 Å². The maximum absolute atomic E-state index is 12.6. The van der Waals surface area contributed by atoms with Crippen molar-refractivity contribution in [1.82, 2.24) is 9.71 Å². The number of para-hydroxylation sites is 1. The first kappa shape index (κ1) is 18.9. The summed E-state index contributed by atoms with van der Waals surface area (Å²) >= 11 is 0. The molecule has 0 spiro atoms. The number of hydrogen-bond donors (Lipinski definition) is 2. The summed E-state index contributed by atoms with van der Waals surface area (Å²) in [6.45, 7) is 0.0473. The fraction of sp³-hybridized carbons (Fsp3) is 0.0476. The van der Waals surface area contributed by atoms with E-state index in [0.717, 1.165) is 5.39 Å². The van der Waals surface area contributed by atoms with Crippen molar-refractivity contribution in [3.63, 3.8) is 0 Å². The number of fused-ring (bicyclic) bond motifs is 1. The van der Waals surface area contributed by atoms with Gasteiger partial charge < -0.3 is 9.73 Å². The molecule has 0 radical (unpaired) electrons. The Bertz CT molecular complexity index is 1250. The van der Waals surface area contributed by atoms with Crippen LogP contribution in [0.2, 0.25) is 0 Å². The van der Waals surface area contributed by atoms with E-state index < -0.39 is 10.0 Å². The van der Waals surface area contributed by atoms with Crippen LogP contribution in [-0.4, -0.2) is 19.3 Å². The molecule has 2 aromatic heterocycles. The third-order valence-electron chi connectivity index (χ3n) is 4.32. The number of anilines is 1. The van der Waals surface area contributed by atoms with Crippen LogP contribution in [0.25, 0.3) is 10.9 Å². The molecule has 2 heterocycles. The number of sulfonamides is 1. The number of benzene rings is 2. The van der Waals surface area contributed by atoms with Crippen LogP contribution in [0.4, 0.5) is 5.69 Å². The summed E-state index contributed by atoms with van der Waals surface area (Å²) in [4.78, 5) is 17.0. The lowest BCUT2D eigenvalue weighted by Gasteiger charge is -2.09. The molecule has 4 aromatic rings. The van der Waals surface area contributed by atoms with E-state index in [1.54, 1.807) is 24.4 Å². The first-order chi connectivity index (χ1) is 14.0. The van der Waals surface area contributed by atoms with Crippen LogP contribution in [0.1, 0.15) is 16.1 Å². The molecule has 2 N–H and O–H groups in total. The SMILES string of the molecule is O=C(Nc1cccc2cccnc12)c1ccc(S(=O)(=O)NCc2ccco2)cc1. The van der Waals surface area contributed by atoms with Crippen LogP contribution < -0.4 is 10.0 Å². The maximum Gasteiger partial charge on any atom is 0.255 e. The fourth-order valence-electron chi connectivity index (χ4n) is 2.85. The van der Waals surface area contributed by atoms with Crippen molar-refractivity contribution in [2.75, 3.05) is 5.32 Å². The molecule has 1 amide bonds. The summed E-state index contributed by atoms with van der Waals surface area (Å²) in [5.74, 6) is 0.156. The number of nitrogens with one attached hydrogen (secondary N) is 2. The Morgan fingerprint density at radius 3 is 2.52 bits per heavy atom. The average Bonchev–Trinajstić information content (AvgIpc) is 3.26. The number of hydrogen-bond acceptors (Lipinski definition) is 5. The predicted molar refractivity (Wildman–Crippen MR) is 109 cm³/mol.